The van der Waals surface area contributed by atoms with Gasteiger partial charge in [-0.1, -0.05) is 35.9 Å². The first-order chi connectivity index (χ1) is 9.90. The van der Waals surface area contributed by atoms with Crippen molar-refractivity contribution in [1.29, 1.82) is 0 Å². The predicted molar refractivity (Wildman–Crippen MR) is 84.6 cm³/mol. The van der Waals surface area contributed by atoms with Gasteiger partial charge in [0.05, 0.1) is 10.6 Å². The molecule has 0 atom stereocenters. The van der Waals surface area contributed by atoms with Crippen LogP contribution >= 0.6 is 0 Å². The molecule has 21 heavy (non-hydrogen) atoms. The van der Waals surface area contributed by atoms with Gasteiger partial charge in [-0.25, -0.2) is 0 Å². The van der Waals surface area contributed by atoms with Crippen molar-refractivity contribution in [3.63, 3.8) is 0 Å². The quantitative estimate of drug-likeness (QED) is 0.516. The molecule has 110 valence electrons. The molecule has 0 saturated carbocycles. The Bertz CT molecular complexity index is 766. The lowest BCUT2D eigenvalue weighted by Gasteiger charge is -2.07. The van der Waals surface area contributed by atoms with Crippen molar-refractivity contribution in [1.82, 2.24) is 4.83 Å². The summed E-state index contributed by atoms with van der Waals surface area (Å²) in [5.41, 5.74) is 8.57. The average Bonchev–Trinajstić information content (AvgIpc) is 2.46. The van der Waals surface area contributed by atoms with Gasteiger partial charge in [-0.2, -0.15) is 18.4 Å². The number of nitrogen functional groups attached to an aromatic ring is 1. The Morgan fingerprint density at radius 3 is 2.33 bits per heavy atom. The molecule has 0 bridgehead atoms. The van der Waals surface area contributed by atoms with Crippen LogP contribution in [0.4, 0.5) is 5.69 Å². The first-order valence-electron chi connectivity index (χ1n) is 6.38. The van der Waals surface area contributed by atoms with Crippen molar-refractivity contribution in [3.05, 3.63) is 59.7 Å². The summed E-state index contributed by atoms with van der Waals surface area (Å²) in [7, 11) is -3.67. The van der Waals surface area contributed by atoms with E-state index in [0.717, 1.165) is 5.56 Å². The van der Waals surface area contributed by atoms with Gasteiger partial charge in [0, 0.05) is 11.3 Å². The van der Waals surface area contributed by atoms with E-state index in [4.69, 9.17) is 5.73 Å². The van der Waals surface area contributed by atoms with Crippen LogP contribution < -0.4 is 10.6 Å². The van der Waals surface area contributed by atoms with E-state index in [0.29, 0.717) is 17.0 Å². The number of anilines is 1. The monoisotopic (exact) mass is 303 g/mol. The van der Waals surface area contributed by atoms with Crippen LogP contribution in [0.5, 0.6) is 0 Å². The summed E-state index contributed by atoms with van der Waals surface area (Å²) < 4.78 is 24.2. The molecule has 0 fully saturated rings. The molecule has 2 rings (SSSR count). The number of sulfonamides is 1. The van der Waals surface area contributed by atoms with Gasteiger partial charge in [0.1, 0.15) is 0 Å². The minimum atomic E-state index is -3.67. The second-order valence-electron chi connectivity index (χ2n) is 4.69. The van der Waals surface area contributed by atoms with E-state index in [-0.39, 0.29) is 4.90 Å². The lowest BCUT2D eigenvalue weighted by atomic mass is 10.1. The third kappa shape index (κ3) is 3.61. The minimum Gasteiger partial charge on any atom is -0.398 e. The lowest BCUT2D eigenvalue weighted by Crippen LogP contribution is -2.20. The van der Waals surface area contributed by atoms with Crippen molar-refractivity contribution in [3.8, 4) is 0 Å². The van der Waals surface area contributed by atoms with E-state index in [1.165, 1.54) is 0 Å². The first kappa shape index (κ1) is 15.1. The average molecular weight is 303 g/mol. The lowest BCUT2D eigenvalue weighted by molar-refractivity contribution is 0.584. The number of para-hydroxylation sites is 1. The molecule has 0 aliphatic carbocycles. The topological polar surface area (TPSA) is 84.5 Å². The van der Waals surface area contributed by atoms with Gasteiger partial charge in [0.2, 0.25) is 0 Å². The zero-order chi connectivity index (χ0) is 15.5. The summed E-state index contributed by atoms with van der Waals surface area (Å²) in [6.07, 6.45) is 0. The summed E-state index contributed by atoms with van der Waals surface area (Å²) in [5, 5.41) is 3.92. The Morgan fingerprint density at radius 2 is 1.71 bits per heavy atom. The molecule has 0 amide bonds. The second-order valence-corrected chi connectivity index (χ2v) is 6.35. The minimum absolute atomic E-state index is 0.172. The molecule has 2 aromatic rings. The van der Waals surface area contributed by atoms with Crippen LogP contribution in [0.15, 0.2) is 58.5 Å². The van der Waals surface area contributed by atoms with E-state index in [1.807, 2.05) is 19.1 Å². The van der Waals surface area contributed by atoms with Crippen molar-refractivity contribution >= 4 is 21.4 Å². The molecule has 0 aromatic heterocycles. The Kier molecular flexibility index (Phi) is 4.28. The van der Waals surface area contributed by atoms with E-state index < -0.39 is 10.0 Å². The molecular weight excluding hydrogens is 286 g/mol. The van der Waals surface area contributed by atoms with Crippen LogP contribution in [-0.2, 0) is 10.0 Å². The third-order valence-electron chi connectivity index (χ3n) is 3.02. The maximum absolute atomic E-state index is 12.1. The number of nitrogens with two attached hydrogens (primary N) is 1. The number of nitrogens with zero attached hydrogens (tertiary/aromatic N) is 1. The molecule has 0 unspecified atom stereocenters. The van der Waals surface area contributed by atoms with Crippen molar-refractivity contribution in [2.75, 3.05) is 5.73 Å². The number of nitrogens with one attached hydrogen (secondary N) is 1. The Balaban J connectivity index is 2.23. The van der Waals surface area contributed by atoms with Crippen LogP contribution in [0.25, 0.3) is 0 Å². The fourth-order valence-electron chi connectivity index (χ4n) is 1.79. The van der Waals surface area contributed by atoms with Crippen LogP contribution in [-0.4, -0.2) is 14.1 Å². The summed E-state index contributed by atoms with van der Waals surface area (Å²) in [5.74, 6) is 0. The SMILES string of the molecule is C/C(=N\NS(=O)(=O)c1ccc(C)cc1)c1ccccc1N. The number of hydrazone groups is 1. The molecule has 0 saturated heterocycles. The van der Waals surface area contributed by atoms with Gasteiger partial charge in [-0.05, 0) is 32.0 Å². The molecule has 0 aliphatic rings. The molecule has 0 radical (unpaired) electrons. The standard InChI is InChI=1S/C15H17N3O2S/c1-11-7-9-13(10-8-11)21(19,20)18-17-12(2)14-5-3-4-6-15(14)16/h3-10,18H,16H2,1-2H3/b17-12+. The highest BCUT2D eigenvalue weighted by Gasteiger charge is 2.12. The highest BCUT2D eigenvalue weighted by molar-refractivity contribution is 7.89. The van der Waals surface area contributed by atoms with Crippen LogP contribution in [0.3, 0.4) is 0 Å². The number of rotatable bonds is 4. The maximum Gasteiger partial charge on any atom is 0.276 e. The van der Waals surface area contributed by atoms with Crippen molar-refractivity contribution in [2.24, 2.45) is 5.10 Å². The highest BCUT2D eigenvalue weighted by atomic mass is 32.2. The Labute approximate surface area is 124 Å². The van der Waals surface area contributed by atoms with Gasteiger partial charge < -0.3 is 5.73 Å². The van der Waals surface area contributed by atoms with Crippen LogP contribution in [0, 0.1) is 6.92 Å². The normalized spacial score (nSPS) is 12.2. The van der Waals surface area contributed by atoms with Crippen LogP contribution in [0.2, 0.25) is 0 Å². The summed E-state index contributed by atoms with van der Waals surface area (Å²) in [6.45, 7) is 3.59. The Morgan fingerprint density at radius 1 is 1.10 bits per heavy atom. The maximum atomic E-state index is 12.1. The molecule has 2 aromatic carbocycles. The highest BCUT2D eigenvalue weighted by Crippen LogP contribution is 2.13. The zero-order valence-electron chi connectivity index (χ0n) is 11.9. The van der Waals surface area contributed by atoms with Gasteiger partial charge >= 0.3 is 0 Å². The number of aryl methyl sites for hydroxylation is 1. The van der Waals surface area contributed by atoms with E-state index in [1.54, 1.807) is 43.3 Å². The molecule has 5 nitrogen and oxygen atoms in total. The molecule has 3 N–H and O–H groups in total. The molecule has 0 aliphatic heterocycles. The van der Waals surface area contributed by atoms with Crippen molar-refractivity contribution in [2.45, 2.75) is 18.7 Å². The Hall–Kier alpha value is -2.34. The van der Waals surface area contributed by atoms with Crippen molar-refractivity contribution < 1.29 is 8.42 Å². The van der Waals surface area contributed by atoms with E-state index >= 15 is 0 Å². The van der Waals surface area contributed by atoms with Gasteiger partial charge in [-0.15, -0.1) is 0 Å². The second kappa shape index (κ2) is 5.97. The zero-order valence-corrected chi connectivity index (χ0v) is 12.7. The molecule has 6 heteroatoms. The molecule has 0 heterocycles. The molecule has 0 spiro atoms. The summed E-state index contributed by atoms with van der Waals surface area (Å²) >= 11 is 0. The summed E-state index contributed by atoms with van der Waals surface area (Å²) in [6, 6.07) is 13.7. The largest absolute Gasteiger partial charge is 0.398 e. The first-order valence-corrected chi connectivity index (χ1v) is 7.86. The number of benzene rings is 2. The smallest absolute Gasteiger partial charge is 0.276 e. The van der Waals surface area contributed by atoms with E-state index in [9.17, 15) is 8.42 Å². The molecular formula is C15H17N3O2S. The number of hydrogen-bond acceptors (Lipinski definition) is 4. The fourth-order valence-corrected chi connectivity index (χ4v) is 2.64. The van der Waals surface area contributed by atoms with E-state index in [2.05, 4.69) is 9.93 Å². The van der Waals surface area contributed by atoms with Gasteiger partial charge in [0.25, 0.3) is 10.0 Å². The van der Waals surface area contributed by atoms with Gasteiger partial charge in [0.15, 0.2) is 0 Å². The summed E-state index contributed by atoms with van der Waals surface area (Å²) in [4.78, 5) is 2.40. The fraction of sp³-hybridized carbons (Fsp3) is 0.133. The number of hydrogen-bond donors (Lipinski definition) is 2. The third-order valence-corrected chi connectivity index (χ3v) is 4.24. The predicted octanol–water partition coefficient (Wildman–Crippen LogP) is 2.28. The van der Waals surface area contributed by atoms with Gasteiger partial charge in [-0.3, -0.25) is 0 Å². The van der Waals surface area contributed by atoms with Crippen LogP contribution in [0.1, 0.15) is 18.1 Å².